The molecule has 0 fully saturated rings. The lowest BCUT2D eigenvalue weighted by Gasteiger charge is -2.10. The fraction of sp³-hybridized carbons (Fsp3) is 0.833. The molecule has 0 radical (unpaired) electrons. The molecule has 0 unspecified atom stereocenters. The molecule has 0 N–H and O–H groups in total. The van der Waals surface area contributed by atoms with Gasteiger partial charge in [0.05, 0.1) is 0 Å². The Morgan fingerprint density at radius 1 is 0.857 bits per heavy atom. The van der Waals surface area contributed by atoms with Crippen LogP contribution in [0.5, 0.6) is 0 Å². The molecule has 1 heteroatoms. The zero-order valence-electron chi connectivity index (χ0n) is 5.58. The molecule has 0 bridgehead atoms. The Hall–Kier alpha value is -0.0651. The van der Waals surface area contributed by atoms with Crippen LogP contribution in [0.3, 0.4) is 0 Å². The Bertz CT molecular complexity index is 19.7. The molecule has 0 aromatic heterocycles. The maximum absolute atomic E-state index is 2.25. The van der Waals surface area contributed by atoms with Gasteiger partial charge in [-0.05, 0) is 6.15 Å². The fourth-order valence-electron chi connectivity index (χ4n) is 0. The van der Waals surface area contributed by atoms with E-state index >= 15 is 0 Å². The molecule has 0 rings (SSSR count). The maximum Gasteiger partial charge on any atom is 0.0467 e. The van der Waals surface area contributed by atoms with Crippen LogP contribution in [0.2, 0.25) is 27.3 Å². The van der Waals surface area contributed by atoms with Crippen molar-refractivity contribution in [2.45, 2.75) is 34.7 Å². The van der Waals surface area contributed by atoms with Gasteiger partial charge in [0.15, 0.2) is 0 Å². The third-order valence-corrected chi connectivity index (χ3v) is 0. The van der Waals surface area contributed by atoms with Gasteiger partial charge < -0.3 is 0 Å². The van der Waals surface area contributed by atoms with E-state index in [4.69, 9.17) is 0 Å². The second-order valence-electron chi connectivity index (χ2n) is 3.46. The molecule has 0 aromatic carbocycles. The molecule has 0 saturated heterocycles. The molecule has 0 saturated carbocycles. The summed E-state index contributed by atoms with van der Waals surface area (Å²) >= 11 is 0. The number of rotatable bonds is 0. The highest BCUT2D eigenvalue weighted by atomic mass is 13.5. The van der Waals surface area contributed by atoms with Crippen molar-refractivity contribution in [3.63, 3.8) is 0 Å². The SMILES string of the molecule is C.C[B-](C)(C)C.[CH3+]. The van der Waals surface area contributed by atoms with Crippen molar-refractivity contribution >= 4 is 6.15 Å². The Labute approximate surface area is 49.2 Å². The summed E-state index contributed by atoms with van der Waals surface area (Å²) in [7, 11) is 0. The van der Waals surface area contributed by atoms with Crippen LogP contribution in [-0.4, -0.2) is 6.15 Å². The first-order valence-electron chi connectivity index (χ1n) is 2.31. The molecule has 0 nitrogen and oxygen atoms in total. The smallest absolute Gasteiger partial charge is 0.0467 e. The summed E-state index contributed by atoms with van der Waals surface area (Å²) < 4.78 is 0. The van der Waals surface area contributed by atoms with Gasteiger partial charge in [-0.3, -0.25) is 0 Å². The van der Waals surface area contributed by atoms with Crippen molar-refractivity contribution in [2.75, 3.05) is 0 Å². The minimum atomic E-state index is 0. The van der Waals surface area contributed by atoms with E-state index in [-0.39, 0.29) is 21.0 Å². The van der Waals surface area contributed by atoms with Crippen LogP contribution in [0.4, 0.5) is 0 Å². The monoisotopic (exact) mass is 102 g/mol. The Balaban J connectivity index is -0.0000000800. The summed E-state index contributed by atoms with van der Waals surface area (Å²) in [6, 6.07) is 0. The minimum absolute atomic E-state index is 0. The van der Waals surface area contributed by atoms with Crippen LogP contribution >= 0.6 is 0 Å². The zero-order chi connectivity index (χ0) is 4.50. The molecule has 0 aliphatic heterocycles. The van der Waals surface area contributed by atoms with Crippen LogP contribution in [0.1, 0.15) is 7.43 Å². The van der Waals surface area contributed by atoms with Gasteiger partial charge in [0.2, 0.25) is 0 Å². The average molecular weight is 102 g/mol. The van der Waals surface area contributed by atoms with Gasteiger partial charge in [0, 0.05) is 7.43 Å². The summed E-state index contributed by atoms with van der Waals surface area (Å²) in [4.78, 5) is 0. The largest absolute Gasteiger partial charge is 0.191 e. The molecule has 0 amide bonds. The molecular weight excluding hydrogens is 82.9 g/mol. The summed E-state index contributed by atoms with van der Waals surface area (Å²) in [6.07, 6.45) is 0. The molecule has 0 spiro atoms. The van der Waals surface area contributed by atoms with E-state index in [9.17, 15) is 0 Å². The van der Waals surface area contributed by atoms with E-state index < -0.39 is 0 Å². The Kier molecular flexibility index (Phi) is 9.25. The summed E-state index contributed by atoms with van der Waals surface area (Å²) in [6.45, 7) is 9.00. The number of hydrogen-bond acceptors (Lipinski definition) is 0. The minimum Gasteiger partial charge on any atom is -0.191 e. The first kappa shape index (κ1) is 15.8. The maximum atomic E-state index is 2.25. The summed E-state index contributed by atoms with van der Waals surface area (Å²) in [5.74, 6) is 0. The third kappa shape index (κ3) is 21700. The van der Waals surface area contributed by atoms with Crippen molar-refractivity contribution in [2.24, 2.45) is 0 Å². The van der Waals surface area contributed by atoms with Crippen molar-refractivity contribution < 1.29 is 0 Å². The first-order valence-corrected chi connectivity index (χ1v) is 2.31. The van der Waals surface area contributed by atoms with E-state index in [0.29, 0.717) is 0 Å². The van der Waals surface area contributed by atoms with Gasteiger partial charge >= 0.3 is 0 Å². The molecule has 0 aliphatic rings. The highest BCUT2D eigenvalue weighted by Gasteiger charge is 1.90. The van der Waals surface area contributed by atoms with Crippen LogP contribution in [0.25, 0.3) is 0 Å². The number of hydrogen-bond donors (Lipinski definition) is 0. The molecule has 0 aromatic rings. The van der Waals surface area contributed by atoms with Crippen LogP contribution in [0, 0.1) is 7.43 Å². The molecule has 0 heterocycles. The highest BCUT2D eigenvalue weighted by Crippen LogP contribution is 1.94. The van der Waals surface area contributed by atoms with Gasteiger partial charge in [-0.15, -0.1) is 0 Å². The molecule has 46 valence electrons. The summed E-state index contributed by atoms with van der Waals surface area (Å²) in [5.41, 5.74) is 0. The second-order valence-corrected chi connectivity index (χ2v) is 3.46. The van der Waals surface area contributed by atoms with Crippen molar-refractivity contribution in [1.29, 1.82) is 0 Å². The summed E-state index contributed by atoms with van der Waals surface area (Å²) in [5, 5.41) is 0. The van der Waals surface area contributed by atoms with Crippen LogP contribution < -0.4 is 0 Å². The predicted octanol–water partition coefficient (Wildman–Crippen LogP) is 3.04. The lowest BCUT2D eigenvalue weighted by molar-refractivity contribution is 1.71. The fourth-order valence-corrected chi connectivity index (χ4v) is 0. The van der Waals surface area contributed by atoms with Gasteiger partial charge in [0.1, 0.15) is 0 Å². The van der Waals surface area contributed by atoms with Gasteiger partial charge in [0.25, 0.3) is 0 Å². The Morgan fingerprint density at radius 2 is 0.857 bits per heavy atom. The lowest BCUT2D eigenvalue weighted by atomic mass is 9.32. The van der Waals surface area contributed by atoms with E-state index in [0.717, 1.165) is 0 Å². The molecular formula is C6H19B. The second kappa shape index (κ2) is 4.10. The van der Waals surface area contributed by atoms with Gasteiger partial charge in [-0.1, -0.05) is 7.43 Å². The normalized spacial score (nSPS) is 8.57. The molecule has 7 heavy (non-hydrogen) atoms. The van der Waals surface area contributed by atoms with Crippen molar-refractivity contribution in [3.05, 3.63) is 7.43 Å². The first-order chi connectivity index (χ1) is 2.00. The molecule has 0 atom stereocenters. The quantitative estimate of drug-likeness (QED) is 0.325. The van der Waals surface area contributed by atoms with E-state index in [1.807, 2.05) is 0 Å². The van der Waals surface area contributed by atoms with Gasteiger partial charge in [-0.25, -0.2) is 0 Å². The molecule has 0 aliphatic carbocycles. The average Bonchev–Trinajstić information content (AvgIpc) is 0.722. The highest BCUT2D eigenvalue weighted by molar-refractivity contribution is 6.74. The van der Waals surface area contributed by atoms with Crippen LogP contribution in [0.15, 0.2) is 0 Å². The van der Waals surface area contributed by atoms with E-state index in [2.05, 4.69) is 27.3 Å². The Morgan fingerprint density at radius 3 is 0.857 bits per heavy atom. The van der Waals surface area contributed by atoms with Crippen LogP contribution in [-0.2, 0) is 0 Å². The van der Waals surface area contributed by atoms with Gasteiger partial charge in [-0.2, -0.15) is 27.3 Å². The van der Waals surface area contributed by atoms with E-state index in [1.54, 1.807) is 0 Å². The lowest BCUT2D eigenvalue weighted by Crippen LogP contribution is -2.10. The predicted molar refractivity (Wildman–Crippen MR) is 42.4 cm³/mol. The standard InChI is InChI=1S/C4H12B.CH4.CH3/c1-5(2,3)4;;/h1-4H3;1H4;1H3/q-1;;+1. The van der Waals surface area contributed by atoms with Crippen molar-refractivity contribution in [3.8, 4) is 0 Å². The van der Waals surface area contributed by atoms with E-state index in [1.165, 1.54) is 0 Å². The third-order valence-electron chi connectivity index (χ3n) is 0. The topological polar surface area (TPSA) is 0 Å². The zero-order valence-corrected chi connectivity index (χ0v) is 5.58. The van der Waals surface area contributed by atoms with Crippen molar-refractivity contribution in [1.82, 2.24) is 0 Å².